The Labute approximate surface area is 140 Å². The maximum absolute atomic E-state index is 13.8. The number of likely N-dealkylation sites (tertiary alicyclic amines) is 1. The van der Waals surface area contributed by atoms with Crippen LogP contribution in [0.1, 0.15) is 25.3 Å². The van der Waals surface area contributed by atoms with E-state index in [9.17, 15) is 19.1 Å². The van der Waals surface area contributed by atoms with Crippen molar-refractivity contribution in [2.24, 2.45) is 0 Å². The minimum absolute atomic E-state index is 0.000817. The number of carbonyl (C=O) groups is 2. The van der Waals surface area contributed by atoms with E-state index >= 15 is 0 Å². The molecule has 1 amide bonds. The Bertz CT molecular complexity index is 553. The first-order valence-electron chi connectivity index (χ1n) is 8.00. The molecule has 0 aliphatic carbocycles. The van der Waals surface area contributed by atoms with Gasteiger partial charge in [0.1, 0.15) is 18.9 Å². The van der Waals surface area contributed by atoms with E-state index in [1.54, 1.807) is 24.3 Å². The van der Waals surface area contributed by atoms with E-state index in [0.717, 1.165) is 16.9 Å². The first kappa shape index (κ1) is 18.2. The number of hydrogen-bond donors (Lipinski definition) is 1. The number of unbranched alkanes of at least 4 members (excludes halogenated alkanes) is 1. The van der Waals surface area contributed by atoms with E-state index < -0.39 is 36.9 Å². The van der Waals surface area contributed by atoms with Gasteiger partial charge in [-0.25, -0.2) is 14.0 Å². The number of benzene rings is 1. The number of esters is 1. The molecule has 0 unspecified atom stereocenters. The third kappa shape index (κ3) is 4.44. The number of hydrogen-bond acceptors (Lipinski definition) is 5. The molecule has 0 spiro atoms. The third-order valence-electron chi connectivity index (χ3n) is 3.82. The molecule has 1 heterocycles. The summed E-state index contributed by atoms with van der Waals surface area (Å²) in [6.07, 6.45) is -2.68. The summed E-state index contributed by atoms with van der Waals surface area (Å²) >= 11 is 0. The lowest BCUT2D eigenvalue weighted by Crippen LogP contribution is -2.46. The highest BCUT2D eigenvalue weighted by atomic mass is 19.1. The van der Waals surface area contributed by atoms with Crippen LogP contribution in [0.4, 0.5) is 9.18 Å². The molecule has 2 rings (SSSR count). The summed E-state index contributed by atoms with van der Waals surface area (Å²) in [5, 5.41) is 9.86. The van der Waals surface area contributed by atoms with Crippen LogP contribution in [-0.4, -0.2) is 53.5 Å². The molecule has 1 aromatic rings. The average molecular weight is 339 g/mol. The number of alkyl halides is 1. The van der Waals surface area contributed by atoms with Crippen LogP contribution in [0.5, 0.6) is 0 Å². The van der Waals surface area contributed by atoms with Gasteiger partial charge >= 0.3 is 12.1 Å². The topological polar surface area (TPSA) is 76.1 Å². The second kappa shape index (κ2) is 8.63. The first-order chi connectivity index (χ1) is 11.5. The van der Waals surface area contributed by atoms with Crippen molar-refractivity contribution in [3.8, 4) is 0 Å². The zero-order chi connectivity index (χ0) is 17.5. The maximum atomic E-state index is 13.8. The van der Waals surface area contributed by atoms with Gasteiger partial charge in [0.15, 0.2) is 6.04 Å². The van der Waals surface area contributed by atoms with Gasteiger partial charge in [0, 0.05) is 0 Å². The second-order valence-corrected chi connectivity index (χ2v) is 5.67. The van der Waals surface area contributed by atoms with Crippen LogP contribution >= 0.6 is 0 Å². The highest BCUT2D eigenvalue weighted by molar-refractivity contribution is 5.83. The monoisotopic (exact) mass is 339 g/mol. The molecule has 132 valence electrons. The average Bonchev–Trinajstić information content (AvgIpc) is 2.89. The molecule has 1 N–H and O–H groups in total. The Morgan fingerprint density at radius 1 is 1.29 bits per heavy atom. The predicted octanol–water partition coefficient (Wildman–Crippen LogP) is 2.05. The highest BCUT2D eigenvalue weighted by Crippen LogP contribution is 2.23. The van der Waals surface area contributed by atoms with Crippen molar-refractivity contribution in [1.29, 1.82) is 0 Å². The summed E-state index contributed by atoms with van der Waals surface area (Å²) in [5.74, 6) is -0.812. The largest absolute Gasteiger partial charge is 0.464 e. The van der Waals surface area contributed by atoms with Crippen molar-refractivity contribution < 1.29 is 28.6 Å². The van der Waals surface area contributed by atoms with Gasteiger partial charge in [0.25, 0.3) is 0 Å². The fourth-order valence-electron chi connectivity index (χ4n) is 2.45. The predicted molar refractivity (Wildman–Crippen MR) is 83.9 cm³/mol. The van der Waals surface area contributed by atoms with Gasteiger partial charge in [-0.2, -0.15) is 0 Å². The Morgan fingerprint density at radius 3 is 2.67 bits per heavy atom. The lowest BCUT2D eigenvalue weighted by atomic mass is 10.1. The number of rotatable bonds is 6. The van der Waals surface area contributed by atoms with Gasteiger partial charge in [-0.05, 0) is 12.0 Å². The van der Waals surface area contributed by atoms with Crippen molar-refractivity contribution in [3.05, 3.63) is 35.9 Å². The lowest BCUT2D eigenvalue weighted by Gasteiger charge is -2.23. The molecule has 1 aliphatic rings. The van der Waals surface area contributed by atoms with E-state index in [4.69, 9.17) is 9.47 Å². The Morgan fingerprint density at radius 2 is 2.00 bits per heavy atom. The van der Waals surface area contributed by atoms with Crippen LogP contribution in [-0.2, 0) is 20.9 Å². The molecule has 1 fully saturated rings. The Balaban J connectivity index is 1.97. The maximum Gasteiger partial charge on any atom is 0.411 e. The third-order valence-corrected chi connectivity index (χ3v) is 3.82. The van der Waals surface area contributed by atoms with E-state index in [0.29, 0.717) is 6.42 Å². The molecule has 0 saturated carbocycles. The molecular formula is C17H22FNO5. The van der Waals surface area contributed by atoms with E-state index in [2.05, 4.69) is 0 Å². The minimum atomic E-state index is -1.71. The molecule has 1 aliphatic heterocycles. The van der Waals surface area contributed by atoms with Crippen molar-refractivity contribution in [2.45, 2.75) is 44.7 Å². The molecule has 0 radical (unpaired) electrons. The van der Waals surface area contributed by atoms with Crippen LogP contribution in [0.3, 0.4) is 0 Å². The molecule has 6 nitrogen and oxygen atoms in total. The van der Waals surface area contributed by atoms with Crippen LogP contribution in [0, 0.1) is 0 Å². The number of halogens is 1. The number of aliphatic hydroxyl groups excluding tert-OH is 1. The molecule has 24 heavy (non-hydrogen) atoms. The number of carbonyl (C=O) groups excluding carboxylic acids is 2. The number of amides is 1. The van der Waals surface area contributed by atoms with Crippen molar-refractivity contribution >= 4 is 12.1 Å². The lowest BCUT2D eigenvalue weighted by molar-refractivity contribution is -0.151. The van der Waals surface area contributed by atoms with Gasteiger partial charge in [0.2, 0.25) is 0 Å². The number of aliphatic hydroxyl groups is 1. The number of nitrogens with zero attached hydrogens (tertiary/aromatic N) is 1. The smallest absolute Gasteiger partial charge is 0.411 e. The fourth-order valence-corrected chi connectivity index (χ4v) is 2.45. The van der Waals surface area contributed by atoms with Crippen LogP contribution in [0.25, 0.3) is 0 Å². The standard InChI is InChI=1S/C17H22FNO5/c1-2-3-9-23-16(21)14-15(20)13(18)10-19(14)17(22)24-11-12-7-5-4-6-8-12/h4-8,13-15,20H,2-3,9-11H2,1H3/t13-,14-,15+/m0/s1. The molecule has 1 saturated heterocycles. The summed E-state index contributed by atoms with van der Waals surface area (Å²) < 4.78 is 23.9. The van der Waals surface area contributed by atoms with Crippen LogP contribution < -0.4 is 0 Å². The molecular weight excluding hydrogens is 317 g/mol. The van der Waals surface area contributed by atoms with Gasteiger partial charge < -0.3 is 14.6 Å². The van der Waals surface area contributed by atoms with Gasteiger partial charge in [-0.3, -0.25) is 4.90 Å². The van der Waals surface area contributed by atoms with Crippen molar-refractivity contribution in [3.63, 3.8) is 0 Å². The van der Waals surface area contributed by atoms with Gasteiger partial charge in [-0.15, -0.1) is 0 Å². The number of ether oxygens (including phenoxy) is 2. The summed E-state index contributed by atoms with van der Waals surface area (Å²) in [6, 6.07) is 7.61. The fraction of sp³-hybridized carbons (Fsp3) is 0.529. The SMILES string of the molecule is CCCCOC(=O)[C@@H]1[C@H](O)[C@@H](F)CN1C(=O)OCc1ccccc1. The molecule has 0 aromatic heterocycles. The molecule has 1 aromatic carbocycles. The zero-order valence-electron chi connectivity index (χ0n) is 13.6. The minimum Gasteiger partial charge on any atom is -0.464 e. The molecule has 0 bridgehead atoms. The van der Waals surface area contributed by atoms with Gasteiger partial charge in [0.05, 0.1) is 13.2 Å². The quantitative estimate of drug-likeness (QED) is 0.634. The van der Waals surface area contributed by atoms with Crippen molar-refractivity contribution in [2.75, 3.05) is 13.2 Å². The highest BCUT2D eigenvalue weighted by Gasteiger charge is 2.49. The zero-order valence-corrected chi connectivity index (χ0v) is 13.6. The van der Waals surface area contributed by atoms with E-state index in [-0.39, 0.29) is 13.2 Å². The van der Waals surface area contributed by atoms with Gasteiger partial charge in [-0.1, -0.05) is 43.7 Å². The van der Waals surface area contributed by atoms with E-state index in [1.807, 2.05) is 13.0 Å². The molecule has 3 atom stereocenters. The summed E-state index contributed by atoms with van der Waals surface area (Å²) in [6.45, 7) is 1.70. The first-order valence-corrected chi connectivity index (χ1v) is 8.00. The van der Waals surface area contributed by atoms with Crippen LogP contribution in [0.15, 0.2) is 30.3 Å². The molecule has 7 heteroatoms. The van der Waals surface area contributed by atoms with Crippen LogP contribution in [0.2, 0.25) is 0 Å². The summed E-state index contributed by atoms with van der Waals surface area (Å²) in [4.78, 5) is 25.1. The van der Waals surface area contributed by atoms with E-state index in [1.165, 1.54) is 0 Å². The Kier molecular flexibility index (Phi) is 6.54. The second-order valence-electron chi connectivity index (χ2n) is 5.67. The van der Waals surface area contributed by atoms with Crippen molar-refractivity contribution in [1.82, 2.24) is 4.90 Å². The summed E-state index contributed by atoms with van der Waals surface area (Å²) in [7, 11) is 0. The Hall–Kier alpha value is -2.15. The normalized spacial score (nSPS) is 23.1. The summed E-state index contributed by atoms with van der Waals surface area (Å²) in [5.41, 5.74) is 0.768.